The zero-order valence-corrected chi connectivity index (χ0v) is 13.8. The highest BCUT2D eigenvalue weighted by Crippen LogP contribution is 2.33. The van der Waals surface area contributed by atoms with E-state index in [4.69, 9.17) is 0 Å². The van der Waals surface area contributed by atoms with Crippen molar-refractivity contribution < 1.29 is 8.60 Å². The van der Waals surface area contributed by atoms with Gasteiger partial charge in [-0.15, -0.1) is 0 Å². The van der Waals surface area contributed by atoms with Crippen LogP contribution in [0.25, 0.3) is 0 Å². The van der Waals surface area contributed by atoms with Gasteiger partial charge >= 0.3 is 0 Å². The molecular weight excluding hydrogens is 285 g/mol. The molecule has 2 nitrogen and oxygen atoms in total. The number of benzene rings is 1. The average Bonchev–Trinajstić information content (AvgIpc) is 2.48. The van der Waals surface area contributed by atoms with Crippen molar-refractivity contribution in [2.24, 2.45) is 5.92 Å². The minimum atomic E-state index is -1.14. The van der Waals surface area contributed by atoms with E-state index < -0.39 is 10.8 Å². The van der Waals surface area contributed by atoms with Gasteiger partial charge in [0.05, 0.1) is 16.0 Å². The van der Waals surface area contributed by atoms with Crippen LogP contribution in [0.2, 0.25) is 0 Å². The lowest BCUT2D eigenvalue weighted by atomic mass is 9.83. The molecule has 0 spiro atoms. The van der Waals surface area contributed by atoms with Gasteiger partial charge in [-0.3, -0.25) is 4.21 Å². The van der Waals surface area contributed by atoms with E-state index in [2.05, 4.69) is 19.2 Å². The van der Waals surface area contributed by atoms with E-state index in [1.165, 1.54) is 31.4 Å². The number of hydrogen-bond acceptors (Lipinski definition) is 2. The summed E-state index contributed by atoms with van der Waals surface area (Å²) < 4.78 is 26.3. The lowest BCUT2D eigenvalue weighted by Gasteiger charge is -2.36. The molecule has 1 aliphatic rings. The summed E-state index contributed by atoms with van der Waals surface area (Å²) in [6.07, 6.45) is 5.65. The Morgan fingerprint density at radius 3 is 2.81 bits per heavy atom. The van der Waals surface area contributed by atoms with Gasteiger partial charge in [0, 0.05) is 10.9 Å². The van der Waals surface area contributed by atoms with Gasteiger partial charge in [-0.25, -0.2) is 4.39 Å². The fourth-order valence-electron chi connectivity index (χ4n) is 3.38. The van der Waals surface area contributed by atoms with E-state index >= 15 is 0 Å². The van der Waals surface area contributed by atoms with Crippen LogP contribution in [0.4, 0.5) is 4.39 Å². The van der Waals surface area contributed by atoms with Gasteiger partial charge in [0.25, 0.3) is 0 Å². The highest BCUT2D eigenvalue weighted by molar-refractivity contribution is 7.85. The molecule has 0 amide bonds. The molecule has 1 saturated carbocycles. The van der Waals surface area contributed by atoms with Crippen LogP contribution in [0.15, 0.2) is 29.2 Å². The summed E-state index contributed by atoms with van der Waals surface area (Å²) in [7, 11) is -1.14. The molecule has 1 N–H and O–H groups in total. The van der Waals surface area contributed by atoms with Crippen LogP contribution < -0.4 is 5.32 Å². The molecule has 1 aromatic carbocycles. The third-order valence-electron chi connectivity index (χ3n) is 4.37. The van der Waals surface area contributed by atoms with Gasteiger partial charge in [-0.2, -0.15) is 0 Å². The SMILES string of the molecule is CCCC1CCC(NCC)C(S(=O)c2cccc(F)c2)C1. The number of hydrogen-bond donors (Lipinski definition) is 1. The average molecular weight is 311 g/mol. The first-order valence-corrected chi connectivity index (χ1v) is 9.26. The topological polar surface area (TPSA) is 29.1 Å². The van der Waals surface area contributed by atoms with Gasteiger partial charge < -0.3 is 5.32 Å². The van der Waals surface area contributed by atoms with E-state index in [1.807, 2.05) is 0 Å². The van der Waals surface area contributed by atoms with Crippen LogP contribution in [0, 0.1) is 11.7 Å². The molecule has 1 fully saturated rings. The van der Waals surface area contributed by atoms with Crippen LogP contribution in [-0.4, -0.2) is 22.0 Å². The first-order valence-electron chi connectivity index (χ1n) is 8.05. The largest absolute Gasteiger partial charge is 0.313 e. The first-order chi connectivity index (χ1) is 10.2. The maximum absolute atomic E-state index is 13.4. The number of halogens is 1. The monoisotopic (exact) mass is 311 g/mol. The van der Waals surface area contributed by atoms with E-state index in [1.54, 1.807) is 12.1 Å². The quantitative estimate of drug-likeness (QED) is 0.864. The molecule has 1 aliphatic carbocycles. The molecule has 0 bridgehead atoms. The lowest BCUT2D eigenvalue weighted by molar-refractivity contribution is 0.286. The summed E-state index contributed by atoms with van der Waals surface area (Å²) in [6.45, 7) is 5.18. The summed E-state index contributed by atoms with van der Waals surface area (Å²) >= 11 is 0. The van der Waals surface area contributed by atoms with Crippen molar-refractivity contribution in [3.63, 3.8) is 0 Å². The molecule has 2 rings (SSSR count). The van der Waals surface area contributed by atoms with E-state index in [0.717, 1.165) is 19.4 Å². The standard InChI is InChI=1S/C17H26FNOS/c1-3-6-13-9-10-16(19-4-2)17(11-13)21(20)15-8-5-7-14(18)12-15/h5,7-8,12-13,16-17,19H,3-4,6,9-11H2,1-2H3. The second kappa shape index (κ2) is 8.04. The molecule has 0 heterocycles. The molecule has 0 saturated heterocycles. The van der Waals surface area contributed by atoms with Crippen LogP contribution in [0.5, 0.6) is 0 Å². The maximum Gasteiger partial charge on any atom is 0.124 e. The van der Waals surface area contributed by atoms with E-state index in [9.17, 15) is 8.60 Å². The molecule has 0 aliphatic heterocycles. The lowest BCUT2D eigenvalue weighted by Crippen LogP contribution is -2.46. The van der Waals surface area contributed by atoms with Gasteiger partial charge in [0.15, 0.2) is 0 Å². The zero-order chi connectivity index (χ0) is 15.2. The van der Waals surface area contributed by atoms with Crippen molar-refractivity contribution in [2.45, 2.75) is 62.1 Å². The Bertz CT molecular complexity index is 480. The van der Waals surface area contributed by atoms with Gasteiger partial charge in [0.2, 0.25) is 0 Å². The van der Waals surface area contributed by atoms with Crippen molar-refractivity contribution in [1.29, 1.82) is 0 Å². The summed E-state index contributed by atoms with van der Waals surface area (Å²) in [4.78, 5) is 0.625. The summed E-state index contributed by atoms with van der Waals surface area (Å²) in [5.41, 5.74) is 0. The number of nitrogens with one attached hydrogen (secondary N) is 1. The Kier molecular flexibility index (Phi) is 6.37. The Morgan fingerprint density at radius 2 is 2.14 bits per heavy atom. The maximum atomic E-state index is 13.4. The molecule has 1 aromatic rings. The Labute approximate surface area is 130 Å². The summed E-state index contributed by atoms with van der Waals surface area (Å²) in [6, 6.07) is 6.54. The fourth-order valence-corrected chi connectivity index (χ4v) is 5.15. The minimum Gasteiger partial charge on any atom is -0.313 e. The highest BCUT2D eigenvalue weighted by atomic mass is 32.2. The third kappa shape index (κ3) is 4.36. The van der Waals surface area contributed by atoms with Crippen molar-refractivity contribution in [2.75, 3.05) is 6.54 Å². The van der Waals surface area contributed by atoms with Crippen LogP contribution >= 0.6 is 0 Å². The third-order valence-corrected chi connectivity index (χ3v) is 6.16. The van der Waals surface area contributed by atoms with Crippen molar-refractivity contribution in [1.82, 2.24) is 5.32 Å². The van der Waals surface area contributed by atoms with Crippen molar-refractivity contribution >= 4 is 10.8 Å². The smallest absolute Gasteiger partial charge is 0.124 e. The van der Waals surface area contributed by atoms with Gasteiger partial charge in [0.1, 0.15) is 5.82 Å². The summed E-state index contributed by atoms with van der Waals surface area (Å²) in [5, 5.41) is 3.57. The summed E-state index contributed by atoms with van der Waals surface area (Å²) in [5.74, 6) is 0.356. The molecule has 0 aromatic heterocycles. The highest BCUT2D eigenvalue weighted by Gasteiger charge is 2.34. The molecule has 4 atom stereocenters. The van der Waals surface area contributed by atoms with E-state index in [0.29, 0.717) is 10.8 Å². The Hall–Kier alpha value is -0.740. The first kappa shape index (κ1) is 16.6. The molecule has 118 valence electrons. The van der Waals surface area contributed by atoms with Crippen LogP contribution in [0.1, 0.15) is 46.0 Å². The molecule has 0 radical (unpaired) electrons. The van der Waals surface area contributed by atoms with Crippen LogP contribution in [0.3, 0.4) is 0 Å². The normalized spacial score (nSPS) is 27.5. The van der Waals surface area contributed by atoms with Crippen molar-refractivity contribution in [3.05, 3.63) is 30.1 Å². The molecule has 4 unspecified atom stereocenters. The van der Waals surface area contributed by atoms with Crippen molar-refractivity contribution in [3.8, 4) is 0 Å². The second-order valence-electron chi connectivity index (χ2n) is 5.93. The Morgan fingerprint density at radius 1 is 1.33 bits per heavy atom. The molecular formula is C17H26FNOS. The van der Waals surface area contributed by atoms with Gasteiger partial charge in [-0.1, -0.05) is 32.8 Å². The minimum absolute atomic E-state index is 0.0945. The predicted molar refractivity (Wildman–Crippen MR) is 86.3 cm³/mol. The Balaban J connectivity index is 2.16. The van der Waals surface area contributed by atoms with Crippen LogP contribution in [-0.2, 0) is 10.8 Å². The van der Waals surface area contributed by atoms with E-state index in [-0.39, 0.29) is 17.1 Å². The zero-order valence-electron chi connectivity index (χ0n) is 13.0. The van der Waals surface area contributed by atoms with Gasteiger partial charge in [-0.05, 0) is 49.9 Å². The fraction of sp³-hybridized carbons (Fsp3) is 0.647. The molecule has 21 heavy (non-hydrogen) atoms. The molecule has 4 heteroatoms. The predicted octanol–water partition coefficient (Wildman–Crippen LogP) is 3.88. The number of rotatable bonds is 6. The second-order valence-corrected chi connectivity index (χ2v) is 7.60.